The van der Waals surface area contributed by atoms with Crippen molar-refractivity contribution in [2.75, 3.05) is 26.2 Å². The highest BCUT2D eigenvalue weighted by Crippen LogP contribution is 2.24. The Morgan fingerprint density at radius 1 is 0.393 bits per heavy atom. The lowest BCUT2D eigenvalue weighted by molar-refractivity contribution is -0.142. The summed E-state index contributed by atoms with van der Waals surface area (Å²) in [6.45, 7) is 4.02. The molecule has 0 bridgehead atoms. The van der Waals surface area contributed by atoms with E-state index in [9.17, 15) is 29.1 Å². The minimum atomic E-state index is -1.50. The summed E-state index contributed by atoms with van der Waals surface area (Å²) in [5.74, 6) is -9.51. The first kappa shape index (κ1) is 80.7. The van der Waals surface area contributed by atoms with Crippen LogP contribution in [-0.4, -0.2) is 177 Å². The number of hydrogen-bond acceptors (Lipinski definition) is 14. The second kappa shape index (κ2) is 39.8. The van der Waals surface area contributed by atoms with E-state index in [4.69, 9.17) is 44.9 Å². The van der Waals surface area contributed by atoms with Crippen molar-refractivity contribution in [2.45, 2.75) is 158 Å². The van der Waals surface area contributed by atoms with Gasteiger partial charge in [0.1, 0.15) is 48.3 Å². The summed E-state index contributed by atoms with van der Waals surface area (Å²) >= 11 is 0. The molecule has 0 aliphatic heterocycles. The van der Waals surface area contributed by atoms with Crippen LogP contribution in [0, 0.1) is 22.1 Å². The van der Waals surface area contributed by atoms with E-state index in [0.29, 0.717) is 64.3 Å². The first-order valence-corrected chi connectivity index (χ1v) is 36.0. The van der Waals surface area contributed by atoms with Crippen molar-refractivity contribution in [3.63, 3.8) is 0 Å². The fourth-order valence-electron chi connectivity index (χ4n) is 12.8. The van der Waals surface area contributed by atoms with Crippen LogP contribution >= 0.6 is 0 Å². The molecule has 8 amide bonds. The molecule has 29 N–H and O–H groups in total. The molecule has 0 unspecified atom stereocenters. The van der Waals surface area contributed by atoms with Crippen LogP contribution in [0.15, 0.2) is 122 Å². The van der Waals surface area contributed by atoms with E-state index in [0.717, 1.165) is 27.4 Å². The molecular weight excluding hydrogens is 1370 g/mol. The number of carbonyl (C=O) groups is 9. The van der Waals surface area contributed by atoms with E-state index in [-0.39, 0.29) is 108 Å². The lowest BCUT2D eigenvalue weighted by Gasteiger charge is -2.30. The lowest BCUT2D eigenvalue weighted by Crippen LogP contribution is -2.61. The number of benzene rings is 4. The van der Waals surface area contributed by atoms with Crippen LogP contribution in [0.2, 0.25) is 0 Å². The zero-order valence-electron chi connectivity index (χ0n) is 60.1. The SMILES string of the molecule is CC[C@H](C)[C@H](NC(=O)[C@H](Cc1c[nH]c2ccccc12)NC(=O)[C@H](CCCNC(=N)N)NC(=O)[C@H](Cc1c[nH]c2ccccc12)NC(=O)[C@H](CCCNC(=N)N)NC(=O)[C@H](CCCCN)NC(=O)[C@@H](N)Cc1c[nH]c2ccccc12)C(=O)N[C@@H](CCCNC(=N)N)C(=O)N[C@@H](Cc1c[nH]c2ccccc12)C(=O)O. The number of unbranched alkanes of at least 4 members (excludes halogenated alkanes) is 1. The Balaban J connectivity index is 1.07. The third-order valence-electron chi connectivity index (χ3n) is 18.9. The second-order valence-corrected chi connectivity index (χ2v) is 26.7. The molecule has 0 fully saturated rings. The van der Waals surface area contributed by atoms with E-state index in [2.05, 4.69) is 78.4 Å². The smallest absolute Gasteiger partial charge is 0.326 e. The van der Waals surface area contributed by atoms with Crippen molar-refractivity contribution in [3.05, 3.63) is 144 Å². The second-order valence-electron chi connectivity index (χ2n) is 26.7. The topological polar surface area (TPSA) is 571 Å². The number of fused-ring (bicyclic) bond motifs is 4. The number of carboxylic acids is 1. The zero-order valence-corrected chi connectivity index (χ0v) is 60.1. The molecule has 0 spiro atoms. The number of aliphatic carboxylic acids is 1. The zero-order chi connectivity index (χ0) is 77.1. The van der Waals surface area contributed by atoms with Crippen LogP contribution in [0.3, 0.4) is 0 Å². The van der Waals surface area contributed by atoms with Gasteiger partial charge < -0.3 is 112 Å². The van der Waals surface area contributed by atoms with Gasteiger partial charge in [0.25, 0.3) is 0 Å². The lowest BCUT2D eigenvalue weighted by atomic mass is 9.96. The van der Waals surface area contributed by atoms with Gasteiger partial charge in [0.15, 0.2) is 17.9 Å². The Labute approximate surface area is 618 Å². The first-order chi connectivity index (χ1) is 51.4. The number of aromatic amines is 4. The largest absolute Gasteiger partial charge is 0.480 e. The van der Waals surface area contributed by atoms with Crippen molar-refractivity contribution in [2.24, 2.45) is 34.6 Å². The summed E-state index contributed by atoms with van der Waals surface area (Å²) in [6, 6.07) is 16.9. The standard InChI is InChI=1S/C74H101N23O10/c1-3-41(2)62(70(105)93-58(28-16-32-85-74(81)82)67(102)96-61(71(106)107)36-45-40-89-54-24-11-7-20-49(45)54)97-69(104)60(35-44-39-88-53-23-10-6-19-48(44)53)95-66(101)57(27-15-31-84-73(79)80)92-68(103)59(34-43-38-87-52-22-9-5-18-47(43)52)94-65(100)56(26-14-30-83-72(77)78)91-64(99)55(25-12-13-29-75)90-63(98)50(76)33-42-37-86-51-21-8-4-17-46(42)51/h4-11,17-24,37-41,50,55-62,86-89H,3,12-16,25-36,75-76H2,1-2H3,(H,90,98)(H,91,99)(H,92,103)(H,93,105)(H,94,100)(H,95,101)(H,96,102)(H,97,104)(H,106,107)(H4,77,78,83)(H4,79,80,84)(H4,81,82,85)/t41-,50-,55-,56-,57-,58-,59-,60-,61-,62-/m0/s1. The fraction of sp³-hybridized carbons (Fsp3) is 0.405. The molecular formula is C74H101N23O10. The summed E-state index contributed by atoms with van der Waals surface area (Å²) in [7, 11) is 0. The number of hydrogen-bond donors (Lipinski definition) is 24. The molecule has 4 aromatic heterocycles. The molecule has 0 saturated heterocycles. The van der Waals surface area contributed by atoms with Crippen molar-refractivity contribution < 1.29 is 48.3 Å². The van der Waals surface area contributed by atoms with Crippen LogP contribution in [0.5, 0.6) is 0 Å². The van der Waals surface area contributed by atoms with Crippen molar-refractivity contribution >= 4 is 115 Å². The third kappa shape index (κ3) is 23.5. The molecule has 0 aliphatic rings. The highest BCUT2D eigenvalue weighted by Gasteiger charge is 2.37. The number of amides is 8. The summed E-state index contributed by atoms with van der Waals surface area (Å²) in [5.41, 5.74) is 34.8. The Bertz CT molecular complexity index is 4410. The molecule has 8 rings (SSSR count). The minimum absolute atomic E-state index is 0.0479. The fourth-order valence-corrected chi connectivity index (χ4v) is 12.8. The quantitative estimate of drug-likeness (QED) is 0.0145. The number of rotatable bonds is 43. The van der Waals surface area contributed by atoms with E-state index in [1.54, 1.807) is 56.8 Å². The normalized spacial score (nSPS) is 14.1. The maximum atomic E-state index is 15.4. The first-order valence-electron chi connectivity index (χ1n) is 36.0. The van der Waals surface area contributed by atoms with Crippen molar-refractivity contribution in [1.29, 1.82) is 16.2 Å². The van der Waals surface area contributed by atoms with Crippen LogP contribution in [0.25, 0.3) is 43.6 Å². The summed E-state index contributed by atoms with van der Waals surface area (Å²) in [6.07, 6.45) is 7.86. The highest BCUT2D eigenvalue weighted by atomic mass is 16.4. The number of nitrogens with two attached hydrogens (primary N) is 5. The van der Waals surface area contributed by atoms with Crippen LogP contribution in [0.4, 0.5) is 0 Å². The van der Waals surface area contributed by atoms with Crippen LogP contribution in [-0.2, 0) is 68.8 Å². The highest BCUT2D eigenvalue weighted by molar-refractivity contribution is 6.00. The van der Waals surface area contributed by atoms with E-state index >= 15 is 19.2 Å². The van der Waals surface area contributed by atoms with E-state index in [1.807, 2.05) is 78.9 Å². The molecule has 10 atom stereocenters. The van der Waals surface area contributed by atoms with Crippen molar-refractivity contribution in [3.8, 4) is 0 Å². The molecule has 0 saturated carbocycles. The molecule has 0 radical (unpaired) electrons. The van der Waals surface area contributed by atoms with Gasteiger partial charge in [-0.2, -0.15) is 0 Å². The molecule has 107 heavy (non-hydrogen) atoms. The predicted octanol–water partition coefficient (Wildman–Crippen LogP) is 1.14. The monoisotopic (exact) mass is 1470 g/mol. The predicted molar refractivity (Wildman–Crippen MR) is 409 cm³/mol. The van der Waals surface area contributed by atoms with Gasteiger partial charge in [-0.3, -0.25) is 54.6 Å². The molecule has 4 aromatic carbocycles. The number of para-hydroxylation sites is 4. The number of carboxylic acid groups (broad SMARTS) is 1. The maximum Gasteiger partial charge on any atom is 0.326 e. The van der Waals surface area contributed by atoms with Gasteiger partial charge in [0, 0.05) is 107 Å². The van der Waals surface area contributed by atoms with Crippen LogP contribution in [0.1, 0.15) is 100 Å². The van der Waals surface area contributed by atoms with Gasteiger partial charge in [-0.25, -0.2) is 4.79 Å². The van der Waals surface area contributed by atoms with E-state index in [1.165, 1.54) is 0 Å². The Hall–Kier alpha value is -12.0. The summed E-state index contributed by atoms with van der Waals surface area (Å²) < 4.78 is 0. The Morgan fingerprint density at radius 3 is 1.03 bits per heavy atom. The Kier molecular flexibility index (Phi) is 30.0. The van der Waals surface area contributed by atoms with Gasteiger partial charge >= 0.3 is 5.97 Å². The molecule has 33 nitrogen and oxygen atoms in total. The van der Waals surface area contributed by atoms with Gasteiger partial charge in [-0.15, -0.1) is 0 Å². The molecule has 0 aliphatic carbocycles. The number of H-pyrrole nitrogens is 4. The number of guanidine groups is 3. The van der Waals surface area contributed by atoms with Gasteiger partial charge in [0.05, 0.1) is 6.04 Å². The molecule has 4 heterocycles. The van der Waals surface area contributed by atoms with Crippen molar-refractivity contribution in [1.82, 2.24) is 78.4 Å². The van der Waals surface area contributed by atoms with Gasteiger partial charge in [-0.1, -0.05) is 93.1 Å². The maximum absolute atomic E-state index is 15.4. The molecule has 33 heteroatoms. The summed E-state index contributed by atoms with van der Waals surface area (Å²) in [5, 5.41) is 67.2. The number of carbonyl (C=O) groups excluding carboxylic acids is 8. The Morgan fingerprint density at radius 2 is 0.682 bits per heavy atom. The minimum Gasteiger partial charge on any atom is -0.480 e. The molecule has 572 valence electrons. The number of aromatic nitrogens is 4. The third-order valence-corrected chi connectivity index (χ3v) is 18.9. The van der Waals surface area contributed by atoms with Gasteiger partial charge in [-0.05, 0) is 123 Å². The van der Waals surface area contributed by atoms with E-state index < -0.39 is 114 Å². The summed E-state index contributed by atoms with van der Waals surface area (Å²) in [4.78, 5) is 145. The average molecular weight is 1470 g/mol. The van der Waals surface area contributed by atoms with Gasteiger partial charge in [0.2, 0.25) is 47.3 Å². The average Bonchev–Trinajstić information content (AvgIpc) is 1.79. The molecule has 8 aromatic rings. The number of nitrogens with one attached hydrogen (secondary N) is 18. The van der Waals surface area contributed by atoms with Crippen LogP contribution < -0.4 is 87.2 Å².